The third-order valence-corrected chi connectivity index (χ3v) is 4.99. The van der Waals surface area contributed by atoms with Gasteiger partial charge in [-0.3, -0.25) is 4.79 Å². The van der Waals surface area contributed by atoms with Crippen molar-refractivity contribution in [3.05, 3.63) is 23.8 Å². The number of hydrogen-bond acceptors (Lipinski definition) is 3. The Morgan fingerprint density at radius 2 is 2.14 bits per heavy atom. The SMILES string of the molecule is Cc1ccc(NC(=O)C2NCC3CCCC32)cc1N(C)C. The average molecular weight is 287 g/mol. The molecule has 0 bridgehead atoms. The van der Waals surface area contributed by atoms with Gasteiger partial charge in [-0.2, -0.15) is 0 Å². The number of nitrogens with one attached hydrogen (secondary N) is 2. The Balaban J connectivity index is 1.71. The van der Waals surface area contributed by atoms with E-state index in [2.05, 4.69) is 28.5 Å². The summed E-state index contributed by atoms with van der Waals surface area (Å²) >= 11 is 0. The molecule has 4 nitrogen and oxygen atoms in total. The molecule has 114 valence electrons. The van der Waals surface area contributed by atoms with E-state index in [9.17, 15) is 4.79 Å². The Labute approximate surface area is 126 Å². The number of benzene rings is 1. The molecule has 1 aromatic rings. The van der Waals surface area contributed by atoms with Crippen molar-refractivity contribution in [3.63, 3.8) is 0 Å². The van der Waals surface area contributed by atoms with Crippen molar-refractivity contribution in [2.75, 3.05) is 30.9 Å². The first-order valence-electron chi connectivity index (χ1n) is 7.88. The van der Waals surface area contributed by atoms with Gasteiger partial charge in [0.1, 0.15) is 0 Å². The summed E-state index contributed by atoms with van der Waals surface area (Å²) in [5.74, 6) is 1.36. The number of anilines is 2. The molecule has 2 fully saturated rings. The van der Waals surface area contributed by atoms with Gasteiger partial charge in [-0.25, -0.2) is 0 Å². The second-order valence-corrected chi connectivity index (χ2v) is 6.63. The molecule has 1 saturated carbocycles. The zero-order valence-electron chi connectivity index (χ0n) is 13.1. The van der Waals surface area contributed by atoms with Crippen molar-refractivity contribution in [1.82, 2.24) is 5.32 Å². The minimum absolute atomic E-state index is 0.0124. The van der Waals surface area contributed by atoms with E-state index >= 15 is 0 Å². The van der Waals surface area contributed by atoms with E-state index in [1.54, 1.807) is 0 Å². The van der Waals surface area contributed by atoms with Crippen molar-refractivity contribution in [3.8, 4) is 0 Å². The summed E-state index contributed by atoms with van der Waals surface area (Å²) in [6.07, 6.45) is 3.74. The fourth-order valence-electron chi connectivity index (χ4n) is 3.86. The zero-order valence-corrected chi connectivity index (χ0v) is 13.1. The van der Waals surface area contributed by atoms with E-state index in [0.717, 1.165) is 17.9 Å². The molecule has 1 aliphatic carbocycles. The number of carbonyl (C=O) groups excluding carboxylic acids is 1. The van der Waals surface area contributed by atoms with E-state index in [1.165, 1.54) is 24.8 Å². The Bertz CT molecular complexity index is 541. The van der Waals surface area contributed by atoms with Crippen LogP contribution in [0, 0.1) is 18.8 Å². The molecule has 1 heterocycles. The van der Waals surface area contributed by atoms with Crippen LogP contribution in [0.4, 0.5) is 11.4 Å². The third-order valence-electron chi connectivity index (χ3n) is 4.99. The maximum Gasteiger partial charge on any atom is 0.241 e. The second-order valence-electron chi connectivity index (χ2n) is 6.63. The van der Waals surface area contributed by atoms with Gasteiger partial charge in [0.25, 0.3) is 0 Å². The smallest absolute Gasteiger partial charge is 0.241 e. The Morgan fingerprint density at radius 1 is 1.33 bits per heavy atom. The predicted octanol–water partition coefficient (Wildman–Crippen LogP) is 2.39. The zero-order chi connectivity index (χ0) is 15.0. The lowest BCUT2D eigenvalue weighted by Gasteiger charge is -2.20. The maximum absolute atomic E-state index is 12.5. The van der Waals surface area contributed by atoms with E-state index < -0.39 is 0 Å². The molecular formula is C17H25N3O. The molecular weight excluding hydrogens is 262 g/mol. The van der Waals surface area contributed by atoms with Crippen LogP contribution in [0.2, 0.25) is 0 Å². The standard InChI is InChI=1S/C17H25N3O/c1-11-7-8-13(9-15(11)20(2)3)19-17(21)16-14-6-4-5-12(14)10-18-16/h7-9,12,14,16,18H,4-6,10H2,1-3H3,(H,19,21). The van der Waals surface area contributed by atoms with E-state index in [0.29, 0.717) is 11.8 Å². The first-order valence-corrected chi connectivity index (χ1v) is 7.88. The topological polar surface area (TPSA) is 44.4 Å². The molecule has 1 aliphatic heterocycles. The van der Waals surface area contributed by atoms with Crippen LogP contribution in [-0.4, -0.2) is 32.6 Å². The molecule has 1 aromatic carbocycles. The average Bonchev–Trinajstić information content (AvgIpc) is 3.02. The van der Waals surface area contributed by atoms with Crippen molar-refractivity contribution < 1.29 is 4.79 Å². The Kier molecular flexibility index (Phi) is 3.89. The number of carbonyl (C=O) groups is 1. The predicted molar refractivity (Wildman–Crippen MR) is 86.8 cm³/mol. The van der Waals surface area contributed by atoms with Crippen LogP contribution in [0.3, 0.4) is 0 Å². The molecule has 1 saturated heterocycles. The summed E-state index contributed by atoms with van der Waals surface area (Å²) in [7, 11) is 4.05. The molecule has 3 unspecified atom stereocenters. The van der Waals surface area contributed by atoms with Gasteiger partial charge in [-0.05, 0) is 55.8 Å². The minimum atomic E-state index is -0.0124. The monoisotopic (exact) mass is 287 g/mol. The Morgan fingerprint density at radius 3 is 2.90 bits per heavy atom. The van der Waals surface area contributed by atoms with Gasteiger partial charge in [0.15, 0.2) is 0 Å². The highest BCUT2D eigenvalue weighted by atomic mass is 16.2. The summed E-state index contributed by atoms with van der Waals surface area (Å²) in [5, 5.41) is 6.50. The number of rotatable bonds is 3. The summed E-state index contributed by atoms with van der Waals surface area (Å²) in [5.41, 5.74) is 3.25. The van der Waals surface area contributed by atoms with Crippen molar-refractivity contribution in [2.45, 2.75) is 32.2 Å². The van der Waals surface area contributed by atoms with Crippen LogP contribution >= 0.6 is 0 Å². The number of hydrogen-bond donors (Lipinski definition) is 2. The minimum Gasteiger partial charge on any atom is -0.377 e. The van der Waals surface area contributed by atoms with Gasteiger partial charge in [-0.15, -0.1) is 0 Å². The maximum atomic E-state index is 12.5. The Hall–Kier alpha value is -1.55. The van der Waals surface area contributed by atoms with E-state index in [4.69, 9.17) is 0 Å². The molecule has 2 N–H and O–H groups in total. The lowest BCUT2D eigenvalue weighted by molar-refractivity contribution is -0.118. The van der Waals surface area contributed by atoms with Gasteiger partial charge >= 0.3 is 0 Å². The van der Waals surface area contributed by atoms with Gasteiger partial charge in [0.05, 0.1) is 6.04 Å². The van der Waals surface area contributed by atoms with Crippen LogP contribution in [0.25, 0.3) is 0 Å². The first kappa shape index (κ1) is 14.4. The highest BCUT2D eigenvalue weighted by Gasteiger charge is 2.42. The number of amides is 1. The molecule has 0 radical (unpaired) electrons. The summed E-state index contributed by atoms with van der Waals surface area (Å²) in [6.45, 7) is 3.09. The molecule has 21 heavy (non-hydrogen) atoms. The van der Waals surface area contributed by atoms with Crippen LogP contribution in [-0.2, 0) is 4.79 Å². The van der Waals surface area contributed by atoms with Crippen molar-refractivity contribution in [2.24, 2.45) is 11.8 Å². The summed E-state index contributed by atoms with van der Waals surface area (Å²) < 4.78 is 0. The largest absolute Gasteiger partial charge is 0.377 e. The van der Waals surface area contributed by atoms with Crippen molar-refractivity contribution >= 4 is 17.3 Å². The van der Waals surface area contributed by atoms with Crippen LogP contribution in [0.5, 0.6) is 0 Å². The van der Waals surface area contributed by atoms with Gasteiger partial charge in [0.2, 0.25) is 5.91 Å². The number of fused-ring (bicyclic) bond motifs is 1. The van der Waals surface area contributed by atoms with E-state index in [1.807, 2.05) is 26.2 Å². The van der Waals surface area contributed by atoms with Crippen LogP contribution < -0.4 is 15.5 Å². The normalized spacial score (nSPS) is 27.5. The molecule has 4 heteroatoms. The van der Waals surface area contributed by atoms with Gasteiger partial charge in [0, 0.05) is 25.5 Å². The third kappa shape index (κ3) is 2.77. The van der Waals surface area contributed by atoms with Crippen molar-refractivity contribution in [1.29, 1.82) is 0 Å². The van der Waals surface area contributed by atoms with Gasteiger partial charge < -0.3 is 15.5 Å². The molecule has 3 atom stereocenters. The molecule has 3 rings (SSSR count). The second kappa shape index (κ2) is 5.68. The first-order chi connectivity index (χ1) is 10.1. The lowest BCUT2D eigenvalue weighted by atomic mass is 9.93. The highest BCUT2D eigenvalue weighted by molar-refractivity contribution is 5.95. The van der Waals surface area contributed by atoms with Crippen LogP contribution in [0.15, 0.2) is 18.2 Å². The van der Waals surface area contributed by atoms with Gasteiger partial charge in [-0.1, -0.05) is 12.5 Å². The fraction of sp³-hybridized carbons (Fsp3) is 0.588. The number of aryl methyl sites for hydroxylation is 1. The van der Waals surface area contributed by atoms with Crippen LogP contribution in [0.1, 0.15) is 24.8 Å². The highest BCUT2D eigenvalue weighted by Crippen LogP contribution is 2.38. The van der Waals surface area contributed by atoms with E-state index in [-0.39, 0.29) is 11.9 Å². The molecule has 1 amide bonds. The molecule has 2 aliphatic rings. The molecule has 0 aromatic heterocycles. The summed E-state index contributed by atoms with van der Waals surface area (Å²) in [4.78, 5) is 14.6. The summed E-state index contributed by atoms with van der Waals surface area (Å²) in [6, 6.07) is 6.09. The lowest BCUT2D eigenvalue weighted by Crippen LogP contribution is -2.39. The fourth-order valence-corrected chi connectivity index (χ4v) is 3.86. The molecule has 0 spiro atoms. The quantitative estimate of drug-likeness (QED) is 0.897. The number of nitrogens with zero attached hydrogens (tertiary/aromatic N) is 1.